The van der Waals surface area contributed by atoms with Gasteiger partial charge in [0.15, 0.2) is 0 Å². The first-order valence-electron chi connectivity index (χ1n) is 11.8. The summed E-state index contributed by atoms with van der Waals surface area (Å²) in [6.07, 6.45) is 6.18. The van der Waals surface area contributed by atoms with Gasteiger partial charge in [0.2, 0.25) is 0 Å². The topological polar surface area (TPSA) is 90.2 Å². The normalized spacial score (nSPS) is 18.6. The van der Waals surface area contributed by atoms with Crippen molar-refractivity contribution in [3.63, 3.8) is 0 Å². The summed E-state index contributed by atoms with van der Waals surface area (Å²) in [5.74, 6) is 1.42. The molecule has 6 rings (SSSR count). The maximum atomic E-state index is 6.72. The highest BCUT2D eigenvalue weighted by Crippen LogP contribution is 2.38. The standard InChI is InChI=1S/C26H27N7O2S/c1-32-7-6-21(23(13-32)34-3)35-22-9-16(17-11-30-33(2)12-17)8-20-25(22)26(28-14-27-20)31-18-4-5-19-24(10-18)36-15-29-19/h4-5,8-12,14-15,21,23H,6-7,13H2,1-3H3,(H,27,28,31)/t21-,23-/m1/s1. The van der Waals surface area contributed by atoms with Crippen LogP contribution in [0.25, 0.3) is 32.2 Å². The SMILES string of the molecule is CO[C@@H]1CN(C)CC[C@H]1Oc1cc(-c2cnn(C)c2)cc2ncnc(Nc3ccc4ncsc4c3)c12. The van der Waals surface area contributed by atoms with E-state index < -0.39 is 0 Å². The zero-order valence-corrected chi connectivity index (χ0v) is 21.2. The molecule has 0 amide bonds. The van der Waals surface area contributed by atoms with Crippen LogP contribution in [0.15, 0.2) is 54.6 Å². The Bertz CT molecular complexity index is 1530. The van der Waals surface area contributed by atoms with E-state index in [1.165, 1.54) is 0 Å². The molecule has 2 atom stereocenters. The molecule has 1 aliphatic rings. The lowest BCUT2D eigenvalue weighted by molar-refractivity contribution is -0.0429. The van der Waals surface area contributed by atoms with E-state index in [1.807, 2.05) is 37.1 Å². The highest BCUT2D eigenvalue weighted by molar-refractivity contribution is 7.16. The Kier molecular flexibility index (Phi) is 6.00. The van der Waals surface area contributed by atoms with Crippen molar-refractivity contribution in [2.75, 3.05) is 32.6 Å². The predicted molar refractivity (Wildman–Crippen MR) is 142 cm³/mol. The summed E-state index contributed by atoms with van der Waals surface area (Å²) in [4.78, 5) is 15.9. The number of hydrogen-bond donors (Lipinski definition) is 1. The molecule has 0 bridgehead atoms. The second-order valence-corrected chi connectivity index (χ2v) is 10.0. The molecular formula is C26H27N7O2S. The molecule has 36 heavy (non-hydrogen) atoms. The molecule has 3 aromatic heterocycles. The number of nitrogens with zero attached hydrogens (tertiary/aromatic N) is 6. The summed E-state index contributed by atoms with van der Waals surface area (Å²) in [5.41, 5.74) is 6.56. The first kappa shape index (κ1) is 22.8. The number of aryl methyl sites for hydroxylation is 1. The van der Waals surface area contributed by atoms with E-state index >= 15 is 0 Å². The van der Waals surface area contributed by atoms with Gasteiger partial charge in [-0.3, -0.25) is 4.68 Å². The maximum absolute atomic E-state index is 6.72. The molecule has 1 fully saturated rings. The monoisotopic (exact) mass is 501 g/mol. The van der Waals surface area contributed by atoms with Gasteiger partial charge in [-0.25, -0.2) is 15.0 Å². The Hall–Kier alpha value is -3.60. The molecule has 9 nitrogen and oxygen atoms in total. The van der Waals surface area contributed by atoms with Crippen LogP contribution >= 0.6 is 11.3 Å². The third-order valence-electron chi connectivity index (χ3n) is 6.62. The Morgan fingerprint density at radius 1 is 1.03 bits per heavy atom. The lowest BCUT2D eigenvalue weighted by Gasteiger charge is -2.36. The molecule has 2 aromatic carbocycles. The molecule has 4 heterocycles. The lowest BCUT2D eigenvalue weighted by Crippen LogP contribution is -2.48. The first-order chi connectivity index (χ1) is 17.6. The Labute approximate surface area is 212 Å². The maximum Gasteiger partial charge on any atom is 0.145 e. The molecule has 0 radical (unpaired) electrons. The van der Waals surface area contributed by atoms with Crippen LogP contribution < -0.4 is 10.1 Å². The minimum absolute atomic E-state index is 0.0318. The molecule has 0 saturated carbocycles. The molecule has 0 aliphatic carbocycles. The number of hydrogen-bond acceptors (Lipinski definition) is 9. The smallest absolute Gasteiger partial charge is 0.145 e. The summed E-state index contributed by atoms with van der Waals surface area (Å²) in [6.45, 7) is 1.76. The van der Waals surface area contributed by atoms with Crippen molar-refractivity contribution < 1.29 is 9.47 Å². The number of benzene rings is 2. The number of thiazole rings is 1. The molecule has 5 aromatic rings. The van der Waals surface area contributed by atoms with Gasteiger partial charge in [-0.05, 0) is 49.4 Å². The highest BCUT2D eigenvalue weighted by Gasteiger charge is 2.30. The number of rotatable bonds is 6. The van der Waals surface area contributed by atoms with Crippen LogP contribution in [0.2, 0.25) is 0 Å². The third kappa shape index (κ3) is 4.39. The number of methoxy groups -OCH3 is 1. The van der Waals surface area contributed by atoms with Crippen molar-refractivity contribution >= 4 is 44.0 Å². The predicted octanol–water partition coefficient (Wildman–Crippen LogP) is 4.48. The van der Waals surface area contributed by atoms with Crippen molar-refractivity contribution in [1.82, 2.24) is 29.6 Å². The number of piperidine rings is 1. The second kappa shape index (κ2) is 9.45. The molecule has 0 unspecified atom stereocenters. The summed E-state index contributed by atoms with van der Waals surface area (Å²) in [6, 6.07) is 10.2. The number of likely N-dealkylation sites (N-methyl/N-ethyl adjacent to an activating group) is 1. The summed E-state index contributed by atoms with van der Waals surface area (Å²) in [7, 11) is 5.76. The van der Waals surface area contributed by atoms with Crippen molar-refractivity contribution in [2.45, 2.75) is 18.6 Å². The Balaban J connectivity index is 1.45. The van der Waals surface area contributed by atoms with E-state index in [2.05, 4.69) is 55.5 Å². The van der Waals surface area contributed by atoms with Gasteiger partial charge < -0.3 is 19.7 Å². The molecule has 0 spiro atoms. The first-order valence-corrected chi connectivity index (χ1v) is 12.7. The zero-order chi connectivity index (χ0) is 24.6. The van der Waals surface area contributed by atoms with E-state index in [0.29, 0.717) is 5.82 Å². The largest absolute Gasteiger partial charge is 0.487 e. The van der Waals surface area contributed by atoms with Crippen molar-refractivity contribution in [2.24, 2.45) is 7.05 Å². The van der Waals surface area contributed by atoms with Crippen molar-refractivity contribution in [1.29, 1.82) is 0 Å². The average molecular weight is 502 g/mol. The Morgan fingerprint density at radius 3 is 2.78 bits per heavy atom. The minimum Gasteiger partial charge on any atom is -0.487 e. The molecular weight excluding hydrogens is 474 g/mol. The van der Waals surface area contributed by atoms with Crippen LogP contribution in [-0.2, 0) is 11.8 Å². The molecule has 10 heteroatoms. The van der Waals surface area contributed by atoms with Gasteiger partial charge in [0, 0.05) is 44.7 Å². The Morgan fingerprint density at radius 2 is 1.94 bits per heavy atom. The van der Waals surface area contributed by atoms with Crippen LogP contribution in [0.5, 0.6) is 5.75 Å². The number of likely N-dealkylation sites (tertiary alicyclic amines) is 1. The van der Waals surface area contributed by atoms with E-state index in [4.69, 9.17) is 9.47 Å². The van der Waals surface area contributed by atoms with Crippen LogP contribution in [0.4, 0.5) is 11.5 Å². The summed E-state index contributed by atoms with van der Waals surface area (Å²) >= 11 is 1.61. The van der Waals surface area contributed by atoms with Gasteiger partial charge in [-0.2, -0.15) is 5.10 Å². The minimum atomic E-state index is -0.0832. The number of fused-ring (bicyclic) bond motifs is 2. The average Bonchev–Trinajstić information content (AvgIpc) is 3.53. The van der Waals surface area contributed by atoms with Gasteiger partial charge >= 0.3 is 0 Å². The fraction of sp³-hybridized carbons (Fsp3) is 0.308. The highest BCUT2D eigenvalue weighted by atomic mass is 32.1. The van der Waals surface area contributed by atoms with Gasteiger partial charge in [0.05, 0.1) is 32.8 Å². The summed E-state index contributed by atoms with van der Waals surface area (Å²) in [5, 5.41) is 8.68. The third-order valence-corrected chi connectivity index (χ3v) is 7.41. The van der Waals surface area contributed by atoms with Gasteiger partial charge in [0.25, 0.3) is 0 Å². The van der Waals surface area contributed by atoms with Crippen LogP contribution in [0.3, 0.4) is 0 Å². The molecule has 1 saturated heterocycles. The van der Waals surface area contributed by atoms with Gasteiger partial charge in [-0.1, -0.05) is 0 Å². The molecule has 1 aliphatic heterocycles. The van der Waals surface area contributed by atoms with E-state index in [9.17, 15) is 0 Å². The summed E-state index contributed by atoms with van der Waals surface area (Å²) < 4.78 is 15.4. The fourth-order valence-corrected chi connectivity index (χ4v) is 5.44. The van der Waals surface area contributed by atoms with E-state index in [0.717, 1.165) is 63.2 Å². The van der Waals surface area contributed by atoms with Crippen LogP contribution in [-0.4, -0.2) is 69.1 Å². The lowest BCUT2D eigenvalue weighted by atomic mass is 10.0. The molecule has 1 N–H and O–H groups in total. The van der Waals surface area contributed by atoms with Crippen molar-refractivity contribution in [3.8, 4) is 16.9 Å². The van der Waals surface area contributed by atoms with E-state index in [1.54, 1.807) is 29.5 Å². The number of nitrogens with one attached hydrogen (secondary N) is 1. The van der Waals surface area contributed by atoms with E-state index in [-0.39, 0.29) is 12.2 Å². The van der Waals surface area contributed by atoms with Gasteiger partial charge in [-0.15, -0.1) is 11.3 Å². The number of anilines is 2. The quantitative estimate of drug-likeness (QED) is 0.364. The number of ether oxygens (including phenoxy) is 2. The van der Waals surface area contributed by atoms with Crippen LogP contribution in [0, 0.1) is 0 Å². The van der Waals surface area contributed by atoms with Crippen molar-refractivity contribution in [3.05, 3.63) is 54.6 Å². The number of aromatic nitrogens is 5. The molecule has 184 valence electrons. The second-order valence-electron chi connectivity index (χ2n) is 9.13. The zero-order valence-electron chi connectivity index (χ0n) is 20.4. The fourth-order valence-electron chi connectivity index (χ4n) is 4.72. The van der Waals surface area contributed by atoms with Gasteiger partial charge in [0.1, 0.15) is 30.1 Å². The van der Waals surface area contributed by atoms with Crippen LogP contribution in [0.1, 0.15) is 6.42 Å².